The van der Waals surface area contributed by atoms with Crippen molar-refractivity contribution in [2.75, 3.05) is 33.3 Å². The van der Waals surface area contributed by atoms with E-state index in [2.05, 4.69) is 5.32 Å². The van der Waals surface area contributed by atoms with Gasteiger partial charge in [-0.3, -0.25) is 14.5 Å². The van der Waals surface area contributed by atoms with Gasteiger partial charge in [0.05, 0.1) is 12.1 Å². The van der Waals surface area contributed by atoms with Gasteiger partial charge >= 0.3 is 12.1 Å². The maximum Gasteiger partial charge on any atom is 0.419 e. The van der Waals surface area contributed by atoms with E-state index in [0.29, 0.717) is 0 Å². The second kappa shape index (κ2) is 10.8. The van der Waals surface area contributed by atoms with Crippen molar-refractivity contribution < 1.29 is 37.7 Å². The van der Waals surface area contributed by atoms with Gasteiger partial charge in [-0.25, -0.2) is 0 Å². The number of halogens is 4. The number of nitrogens with one attached hydrogen (secondary N) is 1. The number of carboxylic acids is 1. The Labute approximate surface area is 154 Å². The van der Waals surface area contributed by atoms with Gasteiger partial charge < -0.3 is 20.3 Å². The average molecular weight is 401 g/mol. The summed E-state index contributed by atoms with van der Waals surface area (Å²) < 4.78 is 43.5. The third-order valence-electron chi connectivity index (χ3n) is 3.00. The average Bonchev–Trinajstić information content (AvgIpc) is 2.50. The lowest BCUT2D eigenvalue weighted by atomic mass is 10.2. The Morgan fingerprint density at radius 3 is 2.50 bits per heavy atom. The van der Waals surface area contributed by atoms with Crippen LogP contribution < -0.4 is 10.1 Å². The fourth-order valence-corrected chi connectivity index (χ4v) is 1.96. The van der Waals surface area contributed by atoms with E-state index in [4.69, 9.17) is 9.84 Å². The van der Waals surface area contributed by atoms with Crippen LogP contribution in [0.1, 0.15) is 5.56 Å². The van der Waals surface area contributed by atoms with Crippen molar-refractivity contribution in [2.45, 2.75) is 12.3 Å². The van der Waals surface area contributed by atoms with E-state index >= 15 is 0 Å². The molecule has 1 rings (SSSR count). The summed E-state index contributed by atoms with van der Waals surface area (Å²) in [6, 6.07) is 4.64. The number of para-hydroxylation sites is 1. The molecule has 0 aliphatic heterocycles. The summed E-state index contributed by atoms with van der Waals surface area (Å²) in [5.74, 6) is -2.14. The number of carboxylic acid groups (broad SMARTS) is 1. The van der Waals surface area contributed by atoms with Crippen LogP contribution >= 0.6 is 12.4 Å². The lowest BCUT2D eigenvalue weighted by Crippen LogP contribution is -2.41. The summed E-state index contributed by atoms with van der Waals surface area (Å²) in [5.41, 5.74) is -0.941. The number of carbonyl (C=O) groups excluding carboxylic acids is 1. The number of hydrogen-bond donors (Lipinski definition) is 3. The second-order valence-electron chi connectivity index (χ2n) is 5.33. The number of aliphatic carboxylic acids is 1. The quantitative estimate of drug-likeness (QED) is 0.572. The molecule has 1 unspecified atom stereocenters. The van der Waals surface area contributed by atoms with Gasteiger partial charge in [-0.1, -0.05) is 12.1 Å². The normalized spacial score (nSPS) is 12.2. The van der Waals surface area contributed by atoms with Crippen LogP contribution in [0.3, 0.4) is 0 Å². The molecular weight excluding hydrogens is 381 g/mol. The summed E-state index contributed by atoms with van der Waals surface area (Å²) in [5, 5.41) is 20.4. The van der Waals surface area contributed by atoms with Crippen LogP contribution in [0.4, 0.5) is 13.2 Å². The second-order valence-corrected chi connectivity index (χ2v) is 5.33. The highest BCUT2D eigenvalue weighted by atomic mass is 35.5. The van der Waals surface area contributed by atoms with Crippen molar-refractivity contribution in [3.8, 4) is 5.75 Å². The summed E-state index contributed by atoms with van der Waals surface area (Å²) >= 11 is 0. The van der Waals surface area contributed by atoms with Crippen molar-refractivity contribution in [3.63, 3.8) is 0 Å². The number of aliphatic hydroxyl groups is 1. The van der Waals surface area contributed by atoms with Crippen molar-refractivity contribution >= 4 is 24.3 Å². The molecule has 11 heteroatoms. The van der Waals surface area contributed by atoms with Gasteiger partial charge in [0.1, 0.15) is 25.0 Å². The Hall–Kier alpha value is -2.04. The maximum absolute atomic E-state index is 12.8. The number of nitrogens with zero attached hydrogens (tertiary/aromatic N) is 1. The Morgan fingerprint density at radius 1 is 1.31 bits per heavy atom. The first kappa shape index (κ1) is 24.0. The summed E-state index contributed by atoms with van der Waals surface area (Å²) in [6.07, 6.45) is -5.71. The monoisotopic (exact) mass is 400 g/mol. The van der Waals surface area contributed by atoms with E-state index in [-0.39, 0.29) is 25.5 Å². The lowest BCUT2D eigenvalue weighted by molar-refractivity contribution is -0.139. The number of ether oxygens (including phenoxy) is 1. The van der Waals surface area contributed by atoms with Gasteiger partial charge in [0.2, 0.25) is 5.91 Å². The fraction of sp³-hybridized carbons (Fsp3) is 0.467. The molecule has 0 radical (unpaired) electrons. The molecule has 148 valence electrons. The molecule has 0 spiro atoms. The van der Waals surface area contributed by atoms with Crippen molar-refractivity contribution in [1.82, 2.24) is 10.2 Å². The van der Waals surface area contributed by atoms with E-state index in [1.54, 1.807) is 0 Å². The van der Waals surface area contributed by atoms with E-state index in [1.165, 1.54) is 24.1 Å². The van der Waals surface area contributed by atoms with Crippen molar-refractivity contribution in [2.24, 2.45) is 0 Å². The molecule has 0 bridgehead atoms. The molecule has 0 aliphatic rings. The fourth-order valence-electron chi connectivity index (χ4n) is 1.96. The molecule has 1 amide bonds. The zero-order chi connectivity index (χ0) is 19.0. The van der Waals surface area contributed by atoms with Crippen LogP contribution in [0.5, 0.6) is 5.75 Å². The number of carbonyl (C=O) groups is 2. The lowest BCUT2D eigenvalue weighted by Gasteiger charge is -2.21. The highest BCUT2D eigenvalue weighted by molar-refractivity contribution is 5.85. The zero-order valence-electron chi connectivity index (χ0n) is 13.8. The predicted molar refractivity (Wildman–Crippen MR) is 88.3 cm³/mol. The minimum absolute atomic E-state index is 0. The number of hydrogen-bond acceptors (Lipinski definition) is 5. The van der Waals surface area contributed by atoms with Gasteiger partial charge in [-0.2, -0.15) is 13.2 Å². The zero-order valence-corrected chi connectivity index (χ0v) is 14.6. The molecule has 0 fully saturated rings. The first-order chi connectivity index (χ1) is 11.6. The van der Waals surface area contributed by atoms with Crippen LogP contribution in [-0.4, -0.2) is 66.4 Å². The summed E-state index contributed by atoms with van der Waals surface area (Å²) in [7, 11) is 1.49. The van der Waals surface area contributed by atoms with Gasteiger partial charge in [-0.15, -0.1) is 12.4 Å². The third kappa shape index (κ3) is 8.88. The molecular formula is C15H20ClF3N2O5. The van der Waals surface area contributed by atoms with Crippen LogP contribution in [-0.2, 0) is 15.8 Å². The highest BCUT2D eigenvalue weighted by Crippen LogP contribution is 2.35. The first-order valence-corrected chi connectivity index (χ1v) is 7.23. The minimum atomic E-state index is -4.57. The van der Waals surface area contributed by atoms with Crippen LogP contribution in [0.25, 0.3) is 0 Å². The Morgan fingerprint density at radius 2 is 1.92 bits per heavy atom. The van der Waals surface area contributed by atoms with E-state index < -0.39 is 48.6 Å². The van der Waals surface area contributed by atoms with Gasteiger partial charge in [0.15, 0.2) is 0 Å². The molecule has 0 saturated heterocycles. The van der Waals surface area contributed by atoms with Crippen molar-refractivity contribution in [1.29, 1.82) is 0 Å². The summed E-state index contributed by atoms with van der Waals surface area (Å²) in [6.45, 7) is -1.14. The largest absolute Gasteiger partial charge is 0.490 e. The third-order valence-corrected chi connectivity index (χ3v) is 3.00. The molecule has 0 heterocycles. The molecule has 1 atom stereocenters. The Bertz CT molecular complexity index is 601. The molecule has 0 aliphatic carbocycles. The number of rotatable bonds is 9. The standard InChI is InChI=1S/C15H19F3N2O5.ClH/c1-20(8-13(22)19-6-14(23)24)7-10(21)9-25-12-5-3-2-4-11(12)15(16,17)18;/h2-5,10,21H,6-9H2,1H3,(H,19,22)(H,23,24);1H. The van der Waals surface area contributed by atoms with E-state index in [1.807, 2.05) is 0 Å². The Kier molecular flexibility index (Phi) is 9.99. The smallest absolute Gasteiger partial charge is 0.419 e. The van der Waals surface area contributed by atoms with E-state index in [0.717, 1.165) is 12.1 Å². The van der Waals surface area contributed by atoms with Crippen LogP contribution in [0.15, 0.2) is 24.3 Å². The van der Waals surface area contributed by atoms with Crippen LogP contribution in [0.2, 0.25) is 0 Å². The molecule has 7 nitrogen and oxygen atoms in total. The molecule has 3 N–H and O–H groups in total. The molecule has 0 aromatic heterocycles. The summed E-state index contributed by atoms with van der Waals surface area (Å²) in [4.78, 5) is 23.1. The van der Waals surface area contributed by atoms with Crippen molar-refractivity contribution in [3.05, 3.63) is 29.8 Å². The topological polar surface area (TPSA) is 99.1 Å². The van der Waals surface area contributed by atoms with Gasteiger partial charge in [0.25, 0.3) is 0 Å². The Balaban J connectivity index is 0.00000625. The SMILES string of the molecule is CN(CC(=O)NCC(=O)O)CC(O)COc1ccccc1C(F)(F)F.Cl. The number of likely N-dealkylation sites (N-methyl/N-ethyl adjacent to an activating group) is 1. The van der Waals surface area contributed by atoms with E-state index in [9.17, 15) is 27.9 Å². The maximum atomic E-state index is 12.8. The minimum Gasteiger partial charge on any atom is -0.490 e. The number of aliphatic hydroxyl groups excluding tert-OH is 1. The number of amides is 1. The van der Waals surface area contributed by atoms with Gasteiger partial charge in [-0.05, 0) is 19.2 Å². The molecule has 1 aromatic rings. The molecule has 0 saturated carbocycles. The van der Waals surface area contributed by atoms with Gasteiger partial charge in [0, 0.05) is 6.54 Å². The highest BCUT2D eigenvalue weighted by Gasteiger charge is 2.34. The number of alkyl halides is 3. The molecule has 1 aromatic carbocycles. The first-order valence-electron chi connectivity index (χ1n) is 7.23. The number of benzene rings is 1. The van der Waals surface area contributed by atoms with Crippen LogP contribution in [0, 0.1) is 0 Å². The molecule has 26 heavy (non-hydrogen) atoms. The predicted octanol–water partition coefficient (Wildman–Crippen LogP) is 1.000.